The molecule has 26 heavy (non-hydrogen) atoms. The van der Waals surface area contributed by atoms with Crippen molar-refractivity contribution in [3.05, 3.63) is 62.4 Å². The van der Waals surface area contributed by atoms with Gasteiger partial charge in [-0.15, -0.1) is 11.8 Å². The fourth-order valence-corrected chi connectivity index (χ4v) is 5.15. The third-order valence-electron chi connectivity index (χ3n) is 5.44. The lowest BCUT2D eigenvalue weighted by molar-refractivity contribution is -0.143. The van der Waals surface area contributed by atoms with Crippen molar-refractivity contribution in [3.8, 4) is 0 Å². The largest absolute Gasteiger partial charge is 0.467 e. The molecule has 1 aliphatic heterocycles. The molecule has 2 aromatic rings. The summed E-state index contributed by atoms with van der Waals surface area (Å²) in [4.78, 5) is 24.9. The molecule has 0 radical (unpaired) electrons. The van der Waals surface area contributed by atoms with E-state index in [2.05, 4.69) is 32.0 Å². The Morgan fingerprint density at radius 3 is 2.65 bits per heavy atom. The van der Waals surface area contributed by atoms with Crippen molar-refractivity contribution in [2.75, 3.05) is 12.9 Å². The quantitative estimate of drug-likeness (QED) is 0.770. The molecule has 0 saturated heterocycles. The van der Waals surface area contributed by atoms with Crippen LogP contribution in [0.2, 0.25) is 0 Å². The molecule has 0 bridgehead atoms. The van der Waals surface area contributed by atoms with Gasteiger partial charge in [0.2, 0.25) is 0 Å². The second-order valence-corrected chi connectivity index (χ2v) is 8.32. The number of aryl methyl sites for hydroxylation is 2. The molecule has 0 spiro atoms. The first-order chi connectivity index (χ1) is 12.5. The molecule has 1 atom stereocenters. The first kappa shape index (κ1) is 17.4. The normalized spacial score (nSPS) is 18.7. The van der Waals surface area contributed by atoms with Gasteiger partial charge in [0, 0.05) is 11.8 Å². The highest BCUT2D eigenvalue weighted by molar-refractivity contribution is 7.99. The Kier molecular flexibility index (Phi) is 4.43. The molecule has 0 amide bonds. The Bertz CT molecular complexity index is 943. The van der Waals surface area contributed by atoms with Gasteiger partial charge >= 0.3 is 5.97 Å². The molecule has 1 unspecified atom stereocenters. The van der Waals surface area contributed by atoms with E-state index in [0.29, 0.717) is 11.7 Å². The summed E-state index contributed by atoms with van der Waals surface area (Å²) >= 11 is 1.62. The summed E-state index contributed by atoms with van der Waals surface area (Å²) in [7, 11) is 1.38. The minimum atomic E-state index is -0.499. The predicted molar refractivity (Wildman–Crippen MR) is 103 cm³/mol. The van der Waals surface area contributed by atoms with Gasteiger partial charge in [-0.2, -0.15) is 0 Å². The number of esters is 1. The summed E-state index contributed by atoms with van der Waals surface area (Å²) in [6.07, 6.45) is 3.09. The summed E-state index contributed by atoms with van der Waals surface area (Å²) in [5, 5.41) is 0.981. The molecule has 1 aliphatic carbocycles. The number of benzene rings is 1. The number of carbonyl (C=O) groups is 1. The standard InChI is InChI=1S/C21H23NO3S/c1-12-4-5-14(8-13(12)2)9-16-10-18(23)22-17(21(24)25-3)11-26-20(22)19(16)15-6-7-15/h4-5,8,10,15,17H,6-7,9,11H2,1-3H3. The minimum Gasteiger partial charge on any atom is -0.467 e. The van der Waals surface area contributed by atoms with Gasteiger partial charge < -0.3 is 4.74 Å². The van der Waals surface area contributed by atoms with Crippen LogP contribution in [0.1, 0.15) is 52.6 Å². The van der Waals surface area contributed by atoms with E-state index in [0.717, 1.165) is 29.9 Å². The molecule has 2 aliphatic rings. The van der Waals surface area contributed by atoms with Gasteiger partial charge in [-0.3, -0.25) is 9.36 Å². The number of fused-ring (bicyclic) bond motifs is 1. The van der Waals surface area contributed by atoms with E-state index in [1.54, 1.807) is 22.4 Å². The van der Waals surface area contributed by atoms with E-state index in [1.807, 2.05) is 0 Å². The van der Waals surface area contributed by atoms with Crippen molar-refractivity contribution >= 4 is 17.7 Å². The highest BCUT2D eigenvalue weighted by Crippen LogP contribution is 2.48. The van der Waals surface area contributed by atoms with Gasteiger partial charge in [-0.1, -0.05) is 18.2 Å². The maximum atomic E-state index is 12.8. The van der Waals surface area contributed by atoms with Crippen LogP contribution in [0.4, 0.5) is 0 Å². The smallest absolute Gasteiger partial charge is 0.329 e. The molecular formula is C21H23NO3S. The lowest BCUT2D eigenvalue weighted by Gasteiger charge is -2.17. The van der Waals surface area contributed by atoms with Crippen LogP contribution in [-0.4, -0.2) is 23.4 Å². The Hall–Kier alpha value is -2.01. The monoisotopic (exact) mass is 369 g/mol. The van der Waals surface area contributed by atoms with E-state index in [1.165, 1.54) is 29.4 Å². The van der Waals surface area contributed by atoms with Crippen LogP contribution in [0.5, 0.6) is 0 Å². The average molecular weight is 369 g/mol. The molecule has 1 saturated carbocycles. The van der Waals surface area contributed by atoms with Crippen molar-refractivity contribution in [2.24, 2.45) is 0 Å². The lowest BCUT2D eigenvalue weighted by atomic mass is 9.96. The van der Waals surface area contributed by atoms with E-state index in [-0.39, 0.29) is 11.5 Å². The van der Waals surface area contributed by atoms with Crippen molar-refractivity contribution in [2.45, 2.75) is 50.1 Å². The highest BCUT2D eigenvalue weighted by atomic mass is 32.2. The first-order valence-electron chi connectivity index (χ1n) is 9.04. The molecular weight excluding hydrogens is 346 g/mol. The number of methoxy groups -OCH3 is 1. The maximum absolute atomic E-state index is 12.8. The molecule has 1 aromatic heterocycles. The molecule has 4 rings (SSSR count). The van der Waals surface area contributed by atoms with Crippen LogP contribution in [0.3, 0.4) is 0 Å². The Balaban J connectivity index is 1.79. The molecule has 0 N–H and O–H groups in total. The maximum Gasteiger partial charge on any atom is 0.329 e. The highest BCUT2D eigenvalue weighted by Gasteiger charge is 2.38. The van der Waals surface area contributed by atoms with E-state index >= 15 is 0 Å². The number of thioether (sulfide) groups is 1. The Morgan fingerprint density at radius 1 is 1.23 bits per heavy atom. The van der Waals surface area contributed by atoms with Crippen molar-refractivity contribution in [1.29, 1.82) is 0 Å². The number of aromatic nitrogens is 1. The SMILES string of the molecule is COC(=O)C1CSc2c(C3CC3)c(Cc3ccc(C)c(C)c3)cc(=O)n21. The topological polar surface area (TPSA) is 48.3 Å². The second-order valence-electron chi connectivity index (χ2n) is 7.32. The number of hydrogen-bond acceptors (Lipinski definition) is 4. The van der Waals surface area contributed by atoms with Gasteiger partial charge in [0.25, 0.3) is 5.56 Å². The van der Waals surface area contributed by atoms with Gasteiger partial charge in [0.05, 0.1) is 12.1 Å². The minimum absolute atomic E-state index is 0.0939. The third-order valence-corrected chi connectivity index (χ3v) is 6.62. The molecule has 2 heterocycles. The Morgan fingerprint density at radius 2 is 2.00 bits per heavy atom. The Labute approximate surface area is 157 Å². The number of carbonyl (C=O) groups excluding carboxylic acids is 1. The van der Waals surface area contributed by atoms with Crippen LogP contribution < -0.4 is 5.56 Å². The van der Waals surface area contributed by atoms with Crippen molar-refractivity contribution in [1.82, 2.24) is 4.57 Å². The average Bonchev–Trinajstić information content (AvgIpc) is 3.35. The zero-order valence-corrected chi connectivity index (χ0v) is 16.2. The number of hydrogen-bond donors (Lipinski definition) is 0. The van der Waals surface area contributed by atoms with Crippen LogP contribution in [-0.2, 0) is 16.0 Å². The zero-order chi connectivity index (χ0) is 18.4. The summed E-state index contributed by atoms with van der Waals surface area (Å²) in [5.41, 5.74) is 6.08. The first-order valence-corrected chi connectivity index (χ1v) is 10.0. The van der Waals surface area contributed by atoms with Crippen LogP contribution >= 0.6 is 11.8 Å². The molecule has 1 aromatic carbocycles. The summed E-state index contributed by atoms with van der Waals surface area (Å²) < 4.78 is 6.56. The number of ether oxygens (including phenoxy) is 1. The van der Waals surface area contributed by atoms with E-state index in [9.17, 15) is 9.59 Å². The van der Waals surface area contributed by atoms with Gasteiger partial charge in [-0.25, -0.2) is 4.79 Å². The zero-order valence-electron chi connectivity index (χ0n) is 15.4. The van der Waals surface area contributed by atoms with E-state index < -0.39 is 6.04 Å². The summed E-state index contributed by atoms with van der Waals surface area (Å²) in [6.45, 7) is 4.23. The number of pyridine rings is 1. The summed E-state index contributed by atoms with van der Waals surface area (Å²) in [5.74, 6) is 0.763. The molecule has 136 valence electrons. The molecule has 1 fully saturated rings. The van der Waals surface area contributed by atoms with Crippen LogP contribution in [0.15, 0.2) is 34.1 Å². The molecule has 4 nitrogen and oxygen atoms in total. The lowest BCUT2D eigenvalue weighted by Crippen LogP contribution is -2.30. The van der Waals surface area contributed by atoms with Crippen molar-refractivity contribution < 1.29 is 9.53 Å². The fraction of sp³-hybridized carbons (Fsp3) is 0.429. The van der Waals surface area contributed by atoms with Crippen molar-refractivity contribution in [3.63, 3.8) is 0 Å². The van der Waals surface area contributed by atoms with E-state index in [4.69, 9.17) is 4.74 Å². The van der Waals surface area contributed by atoms with Crippen LogP contribution in [0.25, 0.3) is 0 Å². The fourth-order valence-electron chi connectivity index (χ4n) is 3.74. The molecule has 5 heteroatoms. The van der Waals surface area contributed by atoms with Gasteiger partial charge in [0.1, 0.15) is 6.04 Å². The van der Waals surface area contributed by atoms with Crippen LogP contribution in [0, 0.1) is 13.8 Å². The second kappa shape index (κ2) is 6.62. The van der Waals surface area contributed by atoms with Gasteiger partial charge in [-0.05, 0) is 66.8 Å². The summed E-state index contributed by atoms with van der Waals surface area (Å²) in [6, 6.07) is 7.74. The third kappa shape index (κ3) is 2.98. The number of rotatable bonds is 4. The van der Waals surface area contributed by atoms with Gasteiger partial charge in [0.15, 0.2) is 0 Å². The number of nitrogens with zero attached hydrogens (tertiary/aromatic N) is 1. The predicted octanol–water partition coefficient (Wildman–Crippen LogP) is 3.75.